The predicted octanol–water partition coefficient (Wildman–Crippen LogP) is 3.50. The zero-order chi connectivity index (χ0) is 17.1. The molecule has 2 heterocycles. The lowest BCUT2D eigenvalue weighted by Crippen LogP contribution is -2.45. The van der Waals surface area contributed by atoms with Crippen molar-refractivity contribution in [3.63, 3.8) is 0 Å². The van der Waals surface area contributed by atoms with E-state index in [0.717, 1.165) is 37.2 Å². The van der Waals surface area contributed by atoms with Gasteiger partial charge in [0.1, 0.15) is 6.61 Å². The van der Waals surface area contributed by atoms with Gasteiger partial charge in [-0.05, 0) is 84.1 Å². The average molecular weight is 459 g/mol. The number of anilines is 1. The summed E-state index contributed by atoms with van der Waals surface area (Å²) in [5.41, 5.74) is 4.65. The number of carbonyl (C=O) groups is 1. The van der Waals surface area contributed by atoms with Crippen LogP contribution in [0.1, 0.15) is 35.4 Å². The number of hydrogen-bond acceptors (Lipinski definition) is 5. The Bertz CT molecular complexity index is 633. The molecule has 0 aromatic heterocycles. The van der Waals surface area contributed by atoms with Crippen LogP contribution >= 0.6 is 28.4 Å². The van der Waals surface area contributed by atoms with E-state index in [0.29, 0.717) is 18.9 Å². The summed E-state index contributed by atoms with van der Waals surface area (Å²) in [5, 5.41) is 11.0. The highest BCUT2D eigenvalue weighted by Crippen LogP contribution is 2.36. The molecule has 0 saturated carbocycles. The van der Waals surface area contributed by atoms with Gasteiger partial charge >= 0.3 is 0 Å². The van der Waals surface area contributed by atoms with E-state index in [1.165, 1.54) is 17.3 Å². The van der Waals surface area contributed by atoms with Gasteiger partial charge in [-0.1, -0.05) is 0 Å². The second kappa shape index (κ2) is 8.21. The Hall–Kier alpha value is -0.560. The normalized spacial score (nSPS) is 23.2. The molecule has 0 amide bonds. The fraction of sp³-hybridized carbons (Fsp3) is 0.529. The SMILES string of the molecule is Cc1cc(C=N)c(NPI)cc1C1CCN(C2COCC2=O)CC1. The lowest BCUT2D eigenvalue weighted by Gasteiger charge is -2.35. The van der Waals surface area contributed by atoms with Crippen molar-refractivity contribution in [1.82, 2.24) is 4.90 Å². The molecular formula is C17H23IN3O2P. The number of Topliss-reactive ketones (excluding diaryl/α,β-unsaturated/α-hetero) is 1. The summed E-state index contributed by atoms with van der Waals surface area (Å²) in [5.74, 6) is 0.756. The van der Waals surface area contributed by atoms with E-state index < -0.39 is 0 Å². The number of nitrogens with zero attached hydrogens (tertiary/aromatic N) is 1. The molecule has 24 heavy (non-hydrogen) atoms. The van der Waals surface area contributed by atoms with Crippen molar-refractivity contribution in [1.29, 1.82) is 5.41 Å². The number of ether oxygens (including phenoxy) is 1. The number of piperidine rings is 1. The number of carbonyl (C=O) groups excluding carboxylic acids is 1. The van der Waals surface area contributed by atoms with Gasteiger partial charge in [0.05, 0.1) is 12.6 Å². The van der Waals surface area contributed by atoms with Crippen molar-refractivity contribution in [2.45, 2.75) is 31.7 Å². The van der Waals surface area contributed by atoms with Gasteiger partial charge in [-0.2, -0.15) is 0 Å². The predicted molar refractivity (Wildman–Crippen MR) is 108 cm³/mol. The van der Waals surface area contributed by atoms with Gasteiger partial charge in [0, 0.05) is 23.8 Å². The molecule has 2 atom stereocenters. The van der Waals surface area contributed by atoms with Crippen LogP contribution in [0.2, 0.25) is 0 Å². The molecule has 130 valence electrons. The van der Waals surface area contributed by atoms with Gasteiger partial charge in [0.2, 0.25) is 0 Å². The number of ketones is 1. The van der Waals surface area contributed by atoms with Crippen molar-refractivity contribution in [3.8, 4) is 0 Å². The highest BCUT2D eigenvalue weighted by molar-refractivity contribution is 14.2. The van der Waals surface area contributed by atoms with Crippen LogP contribution in [0.4, 0.5) is 5.69 Å². The van der Waals surface area contributed by atoms with Crippen LogP contribution in [-0.4, -0.2) is 49.2 Å². The maximum atomic E-state index is 11.9. The van der Waals surface area contributed by atoms with E-state index in [1.54, 1.807) is 0 Å². The maximum Gasteiger partial charge on any atom is 0.177 e. The lowest BCUT2D eigenvalue weighted by atomic mass is 9.85. The van der Waals surface area contributed by atoms with Gasteiger partial charge in [0.25, 0.3) is 0 Å². The van der Waals surface area contributed by atoms with Crippen LogP contribution in [0.25, 0.3) is 0 Å². The fourth-order valence-corrected chi connectivity index (χ4v) is 4.95. The molecule has 1 aromatic carbocycles. The second-order valence-corrected chi connectivity index (χ2v) is 8.52. The van der Waals surface area contributed by atoms with Gasteiger partial charge < -0.3 is 15.2 Å². The molecule has 2 N–H and O–H groups in total. The molecule has 7 heteroatoms. The minimum Gasteiger partial charge on any atom is -0.372 e. The van der Waals surface area contributed by atoms with Crippen LogP contribution in [0.5, 0.6) is 0 Å². The highest BCUT2D eigenvalue weighted by atomic mass is 127. The van der Waals surface area contributed by atoms with Crippen molar-refractivity contribution >= 4 is 46.1 Å². The second-order valence-electron chi connectivity index (χ2n) is 6.47. The Balaban J connectivity index is 1.72. The number of halogens is 1. The highest BCUT2D eigenvalue weighted by Gasteiger charge is 2.34. The van der Waals surface area contributed by atoms with Crippen LogP contribution < -0.4 is 5.09 Å². The number of nitrogens with one attached hydrogen (secondary N) is 2. The van der Waals surface area contributed by atoms with Crippen molar-refractivity contribution in [2.75, 3.05) is 31.4 Å². The minimum absolute atomic E-state index is 0.0233. The van der Waals surface area contributed by atoms with Gasteiger partial charge in [-0.15, -0.1) is 0 Å². The molecular weight excluding hydrogens is 436 g/mol. The molecule has 5 nitrogen and oxygen atoms in total. The van der Waals surface area contributed by atoms with Gasteiger partial charge in [-0.3, -0.25) is 9.69 Å². The third-order valence-corrected chi connectivity index (χ3v) is 6.25. The molecule has 2 unspecified atom stereocenters. The number of likely N-dealkylation sites (tertiary alicyclic amines) is 1. The molecule has 3 rings (SSSR count). The Morgan fingerprint density at radius 3 is 2.75 bits per heavy atom. The van der Waals surface area contributed by atoms with Gasteiger partial charge in [0.15, 0.2) is 5.78 Å². The van der Waals surface area contributed by atoms with E-state index >= 15 is 0 Å². The molecule has 0 aliphatic carbocycles. The minimum atomic E-state index is -0.0233. The smallest absolute Gasteiger partial charge is 0.177 e. The largest absolute Gasteiger partial charge is 0.372 e. The van der Waals surface area contributed by atoms with Crippen LogP contribution in [0.15, 0.2) is 12.1 Å². The van der Waals surface area contributed by atoms with Crippen LogP contribution in [-0.2, 0) is 9.53 Å². The molecule has 2 fully saturated rings. The first-order valence-electron chi connectivity index (χ1n) is 8.25. The molecule has 2 saturated heterocycles. The summed E-state index contributed by atoms with van der Waals surface area (Å²) in [6.07, 6.45) is 4.15. The van der Waals surface area contributed by atoms with Crippen molar-refractivity contribution < 1.29 is 9.53 Å². The molecule has 1 aromatic rings. The summed E-state index contributed by atoms with van der Waals surface area (Å²) in [6, 6.07) is 4.32. The summed E-state index contributed by atoms with van der Waals surface area (Å²) in [7, 11) is 0. The zero-order valence-corrected chi connectivity index (χ0v) is 16.9. The number of benzene rings is 1. The monoisotopic (exact) mass is 459 g/mol. The van der Waals surface area contributed by atoms with Crippen LogP contribution in [0.3, 0.4) is 0 Å². The standard InChI is InChI=1S/C17H23IN3O2P/c1-11-6-13(8-19)15(20-24-18)7-14(11)12-2-4-21(5-3-12)16-9-23-10-17(16)22/h6-8,12,16,19-20,24H,2-5,9-10H2,1H3. The quantitative estimate of drug-likeness (QED) is 0.402. The van der Waals surface area contributed by atoms with Crippen molar-refractivity contribution in [2.24, 2.45) is 0 Å². The van der Waals surface area contributed by atoms with E-state index in [1.807, 2.05) is 0 Å². The Morgan fingerprint density at radius 1 is 1.42 bits per heavy atom. The summed E-state index contributed by atoms with van der Waals surface area (Å²) < 4.78 is 5.30. The first-order valence-corrected chi connectivity index (χ1v) is 12.4. The number of aryl methyl sites for hydroxylation is 1. The first-order chi connectivity index (χ1) is 11.6. The van der Waals surface area contributed by atoms with E-state index in [2.05, 4.69) is 51.1 Å². The van der Waals surface area contributed by atoms with Crippen molar-refractivity contribution in [3.05, 3.63) is 28.8 Å². The Kier molecular flexibility index (Phi) is 6.24. The Morgan fingerprint density at radius 2 is 2.17 bits per heavy atom. The third-order valence-electron chi connectivity index (χ3n) is 5.08. The topological polar surface area (TPSA) is 65.4 Å². The first kappa shape index (κ1) is 18.2. The van der Waals surface area contributed by atoms with E-state index in [-0.39, 0.29) is 18.4 Å². The van der Waals surface area contributed by atoms with E-state index in [4.69, 9.17) is 10.1 Å². The molecule has 2 aliphatic rings. The fourth-order valence-electron chi connectivity index (χ4n) is 3.76. The molecule has 2 aliphatic heterocycles. The molecule has 0 radical (unpaired) electrons. The summed E-state index contributed by atoms with van der Waals surface area (Å²) >= 11 is 2.32. The number of rotatable bonds is 5. The summed E-state index contributed by atoms with van der Waals surface area (Å²) in [6.45, 7) is 4.88. The third kappa shape index (κ3) is 3.82. The molecule has 0 bridgehead atoms. The lowest BCUT2D eigenvalue weighted by molar-refractivity contribution is -0.121. The van der Waals surface area contributed by atoms with Gasteiger partial charge in [-0.25, -0.2) is 0 Å². The molecule has 0 spiro atoms. The maximum absolute atomic E-state index is 11.9. The summed E-state index contributed by atoms with van der Waals surface area (Å²) in [4.78, 5) is 14.2. The number of hydrogen-bond donors (Lipinski definition) is 2. The van der Waals surface area contributed by atoms with E-state index in [9.17, 15) is 4.79 Å². The van der Waals surface area contributed by atoms with Crippen LogP contribution in [0, 0.1) is 12.3 Å². The average Bonchev–Trinajstić information content (AvgIpc) is 3.02. The Labute approximate surface area is 157 Å². The zero-order valence-electron chi connectivity index (χ0n) is 13.8.